The highest BCUT2D eigenvalue weighted by Crippen LogP contribution is 2.38. The largest absolute Gasteiger partial charge is 0.481 e. The molecule has 26 heavy (non-hydrogen) atoms. The van der Waals surface area contributed by atoms with Gasteiger partial charge >= 0.3 is 12.1 Å². The number of carboxylic acids is 1. The van der Waals surface area contributed by atoms with E-state index < -0.39 is 17.7 Å². The smallest absolute Gasteiger partial charge is 0.418 e. The molecule has 0 radical (unpaired) electrons. The minimum atomic E-state index is -4.55. The number of fused-ring (bicyclic) bond motifs is 1. The first-order valence-corrected chi connectivity index (χ1v) is 7.91. The van der Waals surface area contributed by atoms with Crippen molar-refractivity contribution in [2.45, 2.75) is 32.9 Å². The molecular formula is C18H16F3N3O2. The third-order valence-corrected chi connectivity index (χ3v) is 4.26. The maximum Gasteiger partial charge on any atom is 0.418 e. The van der Waals surface area contributed by atoms with Gasteiger partial charge in [0.05, 0.1) is 17.7 Å². The summed E-state index contributed by atoms with van der Waals surface area (Å²) in [5.74, 6) is -0.947. The lowest BCUT2D eigenvalue weighted by Gasteiger charge is -2.16. The standard InChI is InChI=1S/C18H16F3N3O2/c1-10-9-14(18(19,20)21)16(23-11(10)2)13-5-3-12(4-6-15(25)26)24-8-7-22-17(13)24/h3,5,7-9H,4,6H2,1-2H3,(H,25,26). The number of pyridine rings is 2. The zero-order valence-electron chi connectivity index (χ0n) is 14.1. The molecule has 0 aliphatic carbocycles. The lowest BCUT2D eigenvalue weighted by molar-refractivity contribution is -0.138. The molecule has 0 fully saturated rings. The van der Waals surface area contributed by atoms with Gasteiger partial charge in [0, 0.05) is 29.3 Å². The van der Waals surface area contributed by atoms with Gasteiger partial charge in [0.1, 0.15) is 5.65 Å². The van der Waals surface area contributed by atoms with E-state index in [1.165, 1.54) is 12.3 Å². The van der Waals surface area contributed by atoms with Crippen LogP contribution < -0.4 is 0 Å². The summed E-state index contributed by atoms with van der Waals surface area (Å²) in [5.41, 5.74) is 1.19. The van der Waals surface area contributed by atoms with Gasteiger partial charge in [-0.05, 0) is 44.0 Å². The summed E-state index contributed by atoms with van der Waals surface area (Å²) in [7, 11) is 0. The van der Waals surface area contributed by atoms with Gasteiger partial charge in [0.25, 0.3) is 0 Å². The number of carboxylic acid groups (broad SMARTS) is 1. The Morgan fingerprint density at radius 3 is 2.65 bits per heavy atom. The third kappa shape index (κ3) is 3.26. The van der Waals surface area contributed by atoms with Crippen molar-refractivity contribution in [3.63, 3.8) is 0 Å². The fraction of sp³-hybridized carbons (Fsp3) is 0.278. The van der Waals surface area contributed by atoms with Gasteiger partial charge in [-0.3, -0.25) is 9.78 Å². The Morgan fingerprint density at radius 2 is 2.00 bits per heavy atom. The minimum absolute atomic E-state index is 0.0810. The fourth-order valence-electron chi connectivity index (χ4n) is 2.82. The number of halogens is 3. The predicted octanol–water partition coefficient (Wildman–Crippen LogP) is 4.05. The zero-order chi connectivity index (χ0) is 19.1. The number of hydrogen-bond donors (Lipinski definition) is 1. The van der Waals surface area contributed by atoms with Crippen LogP contribution in [-0.4, -0.2) is 25.4 Å². The first-order chi connectivity index (χ1) is 12.2. The van der Waals surface area contributed by atoms with Gasteiger partial charge in [-0.1, -0.05) is 0 Å². The normalized spacial score (nSPS) is 11.9. The average molecular weight is 363 g/mol. The van der Waals surface area contributed by atoms with Gasteiger partial charge in [-0.25, -0.2) is 4.98 Å². The Bertz CT molecular complexity index is 993. The zero-order valence-corrected chi connectivity index (χ0v) is 14.1. The number of imidazole rings is 1. The summed E-state index contributed by atoms with van der Waals surface area (Å²) in [6.07, 6.45) is -1.31. The SMILES string of the molecule is Cc1cc(C(F)(F)F)c(-c2ccc(CCC(=O)O)n3ccnc23)nc1C. The van der Waals surface area contributed by atoms with Gasteiger partial charge in [0.15, 0.2) is 0 Å². The van der Waals surface area contributed by atoms with Crippen molar-refractivity contribution in [1.82, 2.24) is 14.4 Å². The van der Waals surface area contributed by atoms with Crippen molar-refractivity contribution in [3.05, 3.63) is 53.1 Å². The number of rotatable bonds is 4. The molecule has 1 N–H and O–H groups in total. The molecule has 0 saturated carbocycles. The van der Waals surface area contributed by atoms with Gasteiger partial charge in [0.2, 0.25) is 0 Å². The van der Waals surface area contributed by atoms with E-state index in [0.29, 0.717) is 22.6 Å². The summed E-state index contributed by atoms with van der Waals surface area (Å²) >= 11 is 0. The molecule has 0 spiro atoms. The molecular weight excluding hydrogens is 347 g/mol. The maximum absolute atomic E-state index is 13.5. The van der Waals surface area contributed by atoms with Crippen LogP contribution in [0.4, 0.5) is 13.2 Å². The predicted molar refractivity (Wildman–Crippen MR) is 88.9 cm³/mol. The van der Waals surface area contributed by atoms with Crippen molar-refractivity contribution < 1.29 is 23.1 Å². The van der Waals surface area contributed by atoms with Crippen LogP contribution in [0.25, 0.3) is 16.9 Å². The second-order valence-corrected chi connectivity index (χ2v) is 6.04. The Balaban J connectivity index is 2.21. The summed E-state index contributed by atoms with van der Waals surface area (Å²) < 4.78 is 42.2. The number of aryl methyl sites for hydroxylation is 3. The van der Waals surface area contributed by atoms with Gasteiger partial charge < -0.3 is 9.51 Å². The van der Waals surface area contributed by atoms with Crippen LogP contribution in [0.1, 0.15) is 28.9 Å². The van der Waals surface area contributed by atoms with Crippen LogP contribution in [0, 0.1) is 13.8 Å². The number of carbonyl (C=O) groups is 1. The number of aromatic nitrogens is 3. The number of hydrogen-bond acceptors (Lipinski definition) is 3. The molecule has 0 saturated heterocycles. The molecule has 0 aliphatic heterocycles. The number of nitrogens with zero attached hydrogens (tertiary/aromatic N) is 3. The molecule has 0 bridgehead atoms. The Hall–Kier alpha value is -2.90. The fourth-order valence-corrected chi connectivity index (χ4v) is 2.82. The first kappa shape index (κ1) is 17.9. The summed E-state index contributed by atoms with van der Waals surface area (Å²) in [6.45, 7) is 3.24. The summed E-state index contributed by atoms with van der Waals surface area (Å²) in [4.78, 5) is 19.1. The summed E-state index contributed by atoms with van der Waals surface area (Å²) in [5, 5.41) is 8.85. The summed E-state index contributed by atoms with van der Waals surface area (Å²) in [6, 6.07) is 4.23. The van der Waals surface area contributed by atoms with Crippen LogP contribution in [0.3, 0.4) is 0 Å². The second kappa shape index (κ2) is 6.44. The van der Waals surface area contributed by atoms with Crippen molar-refractivity contribution in [3.8, 4) is 11.3 Å². The third-order valence-electron chi connectivity index (χ3n) is 4.26. The monoisotopic (exact) mass is 363 g/mol. The second-order valence-electron chi connectivity index (χ2n) is 6.04. The van der Waals surface area contributed by atoms with E-state index in [9.17, 15) is 18.0 Å². The van der Waals surface area contributed by atoms with Crippen LogP contribution >= 0.6 is 0 Å². The molecule has 3 aromatic rings. The molecule has 0 aliphatic rings. The van der Waals surface area contributed by atoms with Crippen LogP contribution in [0.5, 0.6) is 0 Å². The Labute approximate surface area is 147 Å². The molecule has 8 heteroatoms. The molecule has 136 valence electrons. The van der Waals surface area contributed by atoms with E-state index in [-0.39, 0.29) is 24.1 Å². The minimum Gasteiger partial charge on any atom is -0.481 e. The molecule has 3 aromatic heterocycles. The van der Waals surface area contributed by atoms with Gasteiger partial charge in [-0.15, -0.1) is 0 Å². The van der Waals surface area contributed by atoms with E-state index in [2.05, 4.69) is 9.97 Å². The van der Waals surface area contributed by atoms with E-state index in [1.54, 1.807) is 30.5 Å². The van der Waals surface area contributed by atoms with E-state index >= 15 is 0 Å². The molecule has 3 heterocycles. The van der Waals surface area contributed by atoms with E-state index in [0.717, 1.165) is 6.07 Å². The lowest BCUT2D eigenvalue weighted by atomic mass is 10.0. The van der Waals surface area contributed by atoms with E-state index in [1.807, 2.05) is 0 Å². The Kier molecular flexibility index (Phi) is 4.43. The van der Waals surface area contributed by atoms with Crippen LogP contribution in [0.15, 0.2) is 30.6 Å². The first-order valence-electron chi connectivity index (χ1n) is 7.91. The number of aliphatic carboxylic acids is 1. The van der Waals surface area contributed by atoms with Gasteiger partial charge in [-0.2, -0.15) is 13.2 Å². The Morgan fingerprint density at radius 1 is 1.27 bits per heavy atom. The quantitative estimate of drug-likeness (QED) is 0.759. The lowest BCUT2D eigenvalue weighted by Crippen LogP contribution is -2.11. The average Bonchev–Trinajstić information content (AvgIpc) is 3.03. The molecule has 0 aromatic carbocycles. The van der Waals surface area contributed by atoms with Crippen molar-refractivity contribution >= 4 is 11.6 Å². The number of alkyl halides is 3. The topological polar surface area (TPSA) is 67.5 Å². The van der Waals surface area contributed by atoms with Crippen LogP contribution in [-0.2, 0) is 17.4 Å². The molecule has 0 unspecified atom stereocenters. The highest BCUT2D eigenvalue weighted by atomic mass is 19.4. The maximum atomic E-state index is 13.5. The molecule has 3 rings (SSSR count). The van der Waals surface area contributed by atoms with Crippen molar-refractivity contribution in [1.29, 1.82) is 0 Å². The highest BCUT2D eigenvalue weighted by molar-refractivity contribution is 5.78. The molecule has 5 nitrogen and oxygen atoms in total. The molecule has 0 amide bonds. The molecule has 0 atom stereocenters. The van der Waals surface area contributed by atoms with Crippen molar-refractivity contribution in [2.24, 2.45) is 0 Å². The van der Waals surface area contributed by atoms with Crippen LogP contribution in [0.2, 0.25) is 0 Å². The van der Waals surface area contributed by atoms with E-state index in [4.69, 9.17) is 5.11 Å². The highest BCUT2D eigenvalue weighted by Gasteiger charge is 2.35. The van der Waals surface area contributed by atoms with Crippen molar-refractivity contribution in [2.75, 3.05) is 0 Å².